The zero-order valence-corrected chi connectivity index (χ0v) is 19.9. The van der Waals surface area contributed by atoms with Gasteiger partial charge in [0.15, 0.2) is 0 Å². The highest BCUT2D eigenvalue weighted by atomic mass is 16.5. The Morgan fingerprint density at radius 2 is 1.85 bits per heavy atom. The zero-order valence-electron chi connectivity index (χ0n) is 19.9. The molecule has 2 N–H and O–H groups in total. The van der Waals surface area contributed by atoms with Crippen molar-refractivity contribution in [2.45, 2.75) is 20.3 Å². The molecule has 0 fully saturated rings. The van der Waals surface area contributed by atoms with Crippen LogP contribution in [-0.2, 0) is 6.42 Å². The molecule has 3 heterocycles. The lowest BCUT2D eigenvalue weighted by atomic mass is 9.97. The number of aliphatic hydroxyl groups excluding tert-OH is 1. The van der Waals surface area contributed by atoms with Crippen molar-refractivity contribution in [1.82, 2.24) is 24.8 Å². The van der Waals surface area contributed by atoms with Crippen molar-refractivity contribution in [3.05, 3.63) is 71.9 Å². The van der Waals surface area contributed by atoms with Gasteiger partial charge in [-0.3, -0.25) is 9.78 Å². The number of aromatic nitrogens is 4. The molecule has 0 aliphatic rings. The lowest BCUT2D eigenvalue weighted by Gasteiger charge is -2.21. The highest BCUT2D eigenvalue weighted by Gasteiger charge is 2.18. The Kier molecular flexibility index (Phi) is 6.61. The number of nitrogens with one attached hydrogen (secondary N) is 1. The van der Waals surface area contributed by atoms with Crippen LogP contribution in [0.4, 0.5) is 0 Å². The number of benzene rings is 1. The normalized spacial score (nSPS) is 11.6. The first kappa shape index (κ1) is 23.4. The molecule has 0 unspecified atom stereocenters. The largest absolute Gasteiger partial charge is 0.493 e. The van der Waals surface area contributed by atoms with Crippen LogP contribution < -0.4 is 4.74 Å². The maximum Gasteiger partial charge on any atom is 0.269 e. The Labute approximate surface area is 198 Å². The predicted molar refractivity (Wildman–Crippen MR) is 131 cm³/mol. The van der Waals surface area contributed by atoms with Gasteiger partial charge in [-0.25, -0.2) is 9.97 Å². The number of aromatic amines is 1. The molecule has 4 aromatic rings. The summed E-state index contributed by atoms with van der Waals surface area (Å²) in [6.45, 7) is 4.32. The molecule has 34 heavy (non-hydrogen) atoms. The molecule has 176 valence electrons. The van der Waals surface area contributed by atoms with Crippen molar-refractivity contribution in [2.75, 3.05) is 27.3 Å². The molecule has 0 bridgehead atoms. The number of carbonyl (C=O) groups excluding carboxylic acids is 1. The summed E-state index contributed by atoms with van der Waals surface area (Å²) in [6.07, 6.45) is 3.96. The molecular weight excluding hydrogens is 430 g/mol. The number of nitrogens with zero attached hydrogens (tertiary/aromatic N) is 4. The quantitative estimate of drug-likeness (QED) is 0.416. The fourth-order valence-electron chi connectivity index (χ4n) is 3.42. The molecule has 1 aromatic carbocycles. The van der Waals surface area contributed by atoms with Gasteiger partial charge in [0.2, 0.25) is 0 Å². The minimum Gasteiger partial charge on any atom is -0.493 e. The van der Waals surface area contributed by atoms with E-state index in [4.69, 9.17) is 9.72 Å². The Balaban J connectivity index is 1.52. The zero-order chi connectivity index (χ0) is 24.3. The van der Waals surface area contributed by atoms with E-state index in [0.717, 1.165) is 16.5 Å². The van der Waals surface area contributed by atoms with Crippen LogP contribution in [0.15, 0.2) is 54.9 Å². The maximum atomic E-state index is 12.2. The van der Waals surface area contributed by atoms with Crippen LogP contribution in [0.25, 0.3) is 22.3 Å². The second kappa shape index (κ2) is 9.61. The van der Waals surface area contributed by atoms with Gasteiger partial charge >= 0.3 is 0 Å². The van der Waals surface area contributed by atoms with Crippen LogP contribution in [0.2, 0.25) is 0 Å². The lowest BCUT2D eigenvalue weighted by molar-refractivity contribution is 0.0823. The summed E-state index contributed by atoms with van der Waals surface area (Å²) in [5.41, 5.74) is 3.59. The van der Waals surface area contributed by atoms with Crippen molar-refractivity contribution in [3.8, 4) is 17.1 Å². The van der Waals surface area contributed by atoms with E-state index in [-0.39, 0.29) is 17.9 Å². The van der Waals surface area contributed by atoms with Gasteiger partial charge < -0.3 is 19.7 Å². The summed E-state index contributed by atoms with van der Waals surface area (Å²) in [6, 6.07) is 13.3. The van der Waals surface area contributed by atoms with Crippen LogP contribution >= 0.6 is 0 Å². The first-order valence-corrected chi connectivity index (χ1v) is 11.1. The van der Waals surface area contributed by atoms with E-state index in [1.807, 2.05) is 50.2 Å². The van der Waals surface area contributed by atoms with Gasteiger partial charge in [0.05, 0.1) is 24.6 Å². The Hall–Kier alpha value is -3.78. The molecule has 0 saturated carbocycles. The van der Waals surface area contributed by atoms with Crippen LogP contribution in [0.1, 0.15) is 35.7 Å². The number of carbonyl (C=O) groups is 1. The van der Waals surface area contributed by atoms with Crippen LogP contribution in [-0.4, -0.2) is 63.2 Å². The standard InChI is InChI=1S/C26H29N5O3/c1-26(2,15-32)16-34-19-7-9-27-22(14-19)21-8-10-28-24(30-21)12-17-5-6-20-18(11-17)13-23(29-20)25(33)31(3)4/h5-11,13-14,29,32H,12,15-16H2,1-4H3. The summed E-state index contributed by atoms with van der Waals surface area (Å²) in [5.74, 6) is 1.28. The first-order valence-electron chi connectivity index (χ1n) is 11.1. The Morgan fingerprint density at radius 1 is 1.06 bits per heavy atom. The number of amides is 1. The summed E-state index contributed by atoms with van der Waals surface area (Å²) < 4.78 is 5.85. The molecule has 0 atom stereocenters. The summed E-state index contributed by atoms with van der Waals surface area (Å²) >= 11 is 0. The average molecular weight is 460 g/mol. The van der Waals surface area contributed by atoms with Crippen LogP contribution in [0.3, 0.4) is 0 Å². The monoisotopic (exact) mass is 459 g/mol. The first-order chi connectivity index (χ1) is 16.2. The maximum absolute atomic E-state index is 12.2. The number of pyridine rings is 1. The van der Waals surface area contributed by atoms with E-state index in [2.05, 4.69) is 15.0 Å². The number of H-pyrrole nitrogens is 1. The minimum atomic E-state index is -0.327. The number of hydrogen-bond acceptors (Lipinski definition) is 6. The smallest absolute Gasteiger partial charge is 0.269 e. The molecule has 0 aliphatic heterocycles. The molecule has 0 spiro atoms. The number of fused-ring (bicyclic) bond motifs is 1. The Morgan fingerprint density at radius 3 is 2.62 bits per heavy atom. The van der Waals surface area contributed by atoms with Crippen molar-refractivity contribution in [2.24, 2.45) is 5.41 Å². The van der Waals surface area contributed by atoms with Crippen LogP contribution in [0, 0.1) is 5.41 Å². The molecule has 8 nitrogen and oxygen atoms in total. The minimum absolute atomic E-state index is 0.0437. The summed E-state index contributed by atoms with van der Waals surface area (Å²) in [5, 5.41) is 10.4. The van der Waals surface area contributed by atoms with Gasteiger partial charge in [-0.1, -0.05) is 19.9 Å². The second-order valence-electron chi connectivity index (χ2n) is 9.33. The lowest BCUT2D eigenvalue weighted by Crippen LogP contribution is -2.25. The van der Waals surface area contributed by atoms with Crippen LogP contribution in [0.5, 0.6) is 5.75 Å². The predicted octanol–water partition coefficient (Wildman–Crippen LogP) is 3.71. The van der Waals surface area contributed by atoms with Gasteiger partial charge in [0, 0.05) is 55.3 Å². The average Bonchev–Trinajstić information content (AvgIpc) is 3.26. The third-order valence-electron chi connectivity index (χ3n) is 5.44. The summed E-state index contributed by atoms with van der Waals surface area (Å²) in [4.78, 5) is 30.5. The molecule has 4 rings (SSSR count). The third-order valence-corrected chi connectivity index (χ3v) is 5.44. The van der Waals surface area contributed by atoms with Crippen molar-refractivity contribution >= 4 is 16.8 Å². The van der Waals surface area contributed by atoms with Gasteiger partial charge in [-0.15, -0.1) is 0 Å². The third kappa shape index (κ3) is 5.40. The molecule has 1 amide bonds. The molecule has 0 aliphatic carbocycles. The number of aliphatic hydroxyl groups is 1. The van der Waals surface area contributed by atoms with Gasteiger partial charge in [0.1, 0.15) is 17.3 Å². The summed E-state index contributed by atoms with van der Waals surface area (Å²) in [7, 11) is 3.46. The highest BCUT2D eigenvalue weighted by Crippen LogP contribution is 2.23. The van der Waals surface area contributed by atoms with Crippen molar-refractivity contribution in [3.63, 3.8) is 0 Å². The fraction of sp³-hybridized carbons (Fsp3) is 0.308. The van der Waals surface area contributed by atoms with E-state index in [1.54, 1.807) is 37.5 Å². The molecular formula is C26H29N5O3. The van der Waals surface area contributed by atoms with E-state index >= 15 is 0 Å². The Bertz CT molecular complexity index is 1310. The highest BCUT2D eigenvalue weighted by molar-refractivity contribution is 5.97. The molecule has 8 heteroatoms. The van der Waals surface area contributed by atoms with Crippen molar-refractivity contribution in [1.29, 1.82) is 0 Å². The van der Waals surface area contributed by atoms with E-state index in [9.17, 15) is 9.90 Å². The van der Waals surface area contributed by atoms with E-state index < -0.39 is 0 Å². The second-order valence-corrected chi connectivity index (χ2v) is 9.33. The number of ether oxygens (including phenoxy) is 1. The van der Waals surface area contributed by atoms with E-state index in [0.29, 0.717) is 41.7 Å². The molecule has 0 radical (unpaired) electrons. The SMILES string of the molecule is CN(C)C(=O)c1cc2cc(Cc3nccc(-c4cc(OCC(C)(C)CO)ccn4)n3)ccc2[nH]1. The van der Waals surface area contributed by atoms with Gasteiger partial charge in [-0.2, -0.15) is 0 Å². The molecule has 3 aromatic heterocycles. The fourth-order valence-corrected chi connectivity index (χ4v) is 3.42. The van der Waals surface area contributed by atoms with E-state index in [1.165, 1.54) is 0 Å². The van der Waals surface area contributed by atoms with Crippen molar-refractivity contribution < 1.29 is 14.6 Å². The van der Waals surface area contributed by atoms with Gasteiger partial charge in [-0.05, 0) is 35.9 Å². The topological polar surface area (TPSA) is 104 Å². The van der Waals surface area contributed by atoms with Gasteiger partial charge in [0.25, 0.3) is 5.91 Å². The number of rotatable bonds is 8. The molecule has 0 saturated heterocycles. The number of hydrogen-bond donors (Lipinski definition) is 2.